The molecule has 0 saturated heterocycles. The van der Waals surface area contributed by atoms with Crippen LogP contribution in [0.15, 0.2) is 47.4 Å². The van der Waals surface area contributed by atoms with Crippen LogP contribution in [-0.4, -0.2) is 35.3 Å². The molecule has 0 aliphatic rings. The van der Waals surface area contributed by atoms with Gasteiger partial charge in [0.15, 0.2) is 15.7 Å². The van der Waals surface area contributed by atoms with E-state index in [9.17, 15) is 8.42 Å². The van der Waals surface area contributed by atoms with Crippen molar-refractivity contribution in [2.45, 2.75) is 18.2 Å². The van der Waals surface area contributed by atoms with Crippen LogP contribution in [-0.2, 0) is 16.3 Å². The van der Waals surface area contributed by atoms with Crippen LogP contribution in [0.2, 0.25) is 0 Å². The second-order valence-electron chi connectivity index (χ2n) is 5.42. The lowest BCUT2D eigenvalue weighted by Gasteiger charge is -2.13. The number of benzene rings is 2. The minimum atomic E-state index is -3.40. The Morgan fingerprint density at radius 2 is 1.78 bits per heavy atom. The number of aromatic amines is 1. The standard InChI is InChI=1S/C16H16N4O2S/c1-11-6-3-4-7-12(11)10-13-8-5-9-14(23(2,21)22)15(13)16-17-19-20-18-16/h3-9H,10H2,1-2H3,(H,17,18,19,20). The first-order valence-corrected chi connectivity index (χ1v) is 8.96. The summed E-state index contributed by atoms with van der Waals surface area (Å²) in [5, 5.41) is 13.7. The van der Waals surface area contributed by atoms with Crippen molar-refractivity contribution >= 4 is 9.84 Å². The highest BCUT2D eigenvalue weighted by Crippen LogP contribution is 2.30. The zero-order valence-electron chi connectivity index (χ0n) is 12.8. The van der Waals surface area contributed by atoms with E-state index in [0.29, 0.717) is 17.8 Å². The van der Waals surface area contributed by atoms with E-state index in [4.69, 9.17) is 0 Å². The van der Waals surface area contributed by atoms with Crippen LogP contribution < -0.4 is 0 Å². The number of aryl methyl sites for hydroxylation is 1. The van der Waals surface area contributed by atoms with Crippen molar-refractivity contribution < 1.29 is 8.42 Å². The number of tetrazole rings is 1. The Morgan fingerprint density at radius 3 is 2.43 bits per heavy atom. The van der Waals surface area contributed by atoms with Gasteiger partial charge in [0, 0.05) is 11.8 Å². The number of hydrogen-bond acceptors (Lipinski definition) is 5. The van der Waals surface area contributed by atoms with E-state index in [0.717, 1.165) is 16.7 Å². The molecule has 3 rings (SSSR count). The SMILES string of the molecule is Cc1ccccc1Cc1cccc(S(C)(=O)=O)c1-c1nnn[nH]1. The molecule has 0 amide bonds. The third-order valence-electron chi connectivity index (χ3n) is 3.74. The Hall–Kier alpha value is -2.54. The van der Waals surface area contributed by atoms with Crippen molar-refractivity contribution in [3.05, 3.63) is 59.2 Å². The fourth-order valence-electron chi connectivity index (χ4n) is 2.58. The van der Waals surface area contributed by atoms with Gasteiger partial charge < -0.3 is 0 Å². The van der Waals surface area contributed by atoms with E-state index >= 15 is 0 Å². The van der Waals surface area contributed by atoms with E-state index in [2.05, 4.69) is 20.6 Å². The lowest BCUT2D eigenvalue weighted by molar-refractivity contribution is 0.602. The second-order valence-corrected chi connectivity index (χ2v) is 7.40. The van der Waals surface area contributed by atoms with Crippen molar-refractivity contribution in [1.82, 2.24) is 20.6 Å². The second kappa shape index (κ2) is 5.92. The van der Waals surface area contributed by atoms with Crippen LogP contribution in [0, 0.1) is 6.92 Å². The van der Waals surface area contributed by atoms with Crippen LogP contribution in [0.4, 0.5) is 0 Å². The summed E-state index contributed by atoms with van der Waals surface area (Å²) in [6.45, 7) is 2.03. The lowest BCUT2D eigenvalue weighted by Crippen LogP contribution is -2.05. The Balaban J connectivity index is 2.20. The maximum Gasteiger partial charge on any atom is 0.181 e. The first kappa shape index (κ1) is 15.4. The summed E-state index contributed by atoms with van der Waals surface area (Å²) in [5.74, 6) is 0.356. The first-order chi connectivity index (χ1) is 11.0. The monoisotopic (exact) mass is 328 g/mol. The quantitative estimate of drug-likeness (QED) is 0.793. The first-order valence-electron chi connectivity index (χ1n) is 7.07. The summed E-state index contributed by atoms with van der Waals surface area (Å²) in [6, 6.07) is 13.2. The number of sulfone groups is 1. The summed E-state index contributed by atoms with van der Waals surface area (Å²) in [7, 11) is -3.40. The molecule has 0 radical (unpaired) electrons. The van der Waals surface area contributed by atoms with Gasteiger partial charge >= 0.3 is 0 Å². The number of hydrogen-bond donors (Lipinski definition) is 1. The maximum atomic E-state index is 12.1. The molecule has 0 atom stereocenters. The summed E-state index contributed by atoms with van der Waals surface area (Å²) in [4.78, 5) is 0.224. The molecule has 1 N–H and O–H groups in total. The van der Waals surface area contributed by atoms with Gasteiger partial charge in [-0.1, -0.05) is 36.4 Å². The normalized spacial score (nSPS) is 11.6. The average molecular weight is 328 g/mol. The van der Waals surface area contributed by atoms with Gasteiger partial charge in [0.05, 0.1) is 4.90 Å². The van der Waals surface area contributed by atoms with Gasteiger partial charge in [-0.05, 0) is 46.5 Å². The molecule has 0 saturated carbocycles. The number of aromatic nitrogens is 4. The summed E-state index contributed by atoms with van der Waals surface area (Å²) in [5.41, 5.74) is 3.68. The van der Waals surface area contributed by atoms with Crippen LogP contribution in [0.25, 0.3) is 11.4 Å². The third-order valence-corrected chi connectivity index (χ3v) is 4.88. The molecule has 0 unspecified atom stereocenters. The molecule has 3 aromatic rings. The fraction of sp³-hybridized carbons (Fsp3) is 0.188. The molecule has 0 spiro atoms. The molecule has 0 aliphatic heterocycles. The molecule has 6 nitrogen and oxygen atoms in total. The van der Waals surface area contributed by atoms with E-state index in [1.54, 1.807) is 12.1 Å². The summed E-state index contributed by atoms with van der Waals surface area (Å²) in [6.07, 6.45) is 1.79. The average Bonchev–Trinajstić information content (AvgIpc) is 3.02. The van der Waals surface area contributed by atoms with Crippen molar-refractivity contribution in [2.24, 2.45) is 0 Å². The Morgan fingerprint density at radius 1 is 1.04 bits per heavy atom. The fourth-order valence-corrected chi connectivity index (χ4v) is 3.50. The van der Waals surface area contributed by atoms with Gasteiger partial charge in [0.25, 0.3) is 0 Å². The smallest absolute Gasteiger partial charge is 0.181 e. The van der Waals surface area contributed by atoms with E-state index in [1.165, 1.54) is 6.26 Å². The number of rotatable bonds is 4. The molecule has 0 fully saturated rings. The summed E-state index contributed by atoms with van der Waals surface area (Å²) >= 11 is 0. The van der Waals surface area contributed by atoms with Crippen LogP contribution in [0.3, 0.4) is 0 Å². The minimum Gasteiger partial charge on any atom is -0.239 e. The molecule has 1 heterocycles. The minimum absolute atomic E-state index is 0.224. The number of H-pyrrole nitrogens is 1. The van der Waals surface area contributed by atoms with Crippen molar-refractivity contribution in [3.63, 3.8) is 0 Å². The van der Waals surface area contributed by atoms with Gasteiger partial charge in [0.1, 0.15) is 0 Å². The molecular weight excluding hydrogens is 312 g/mol. The van der Waals surface area contributed by atoms with Gasteiger partial charge in [0.2, 0.25) is 0 Å². The van der Waals surface area contributed by atoms with E-state index < -0.39 is 9.84 Å². The van der Waals surface area contributed by atoms with Crippen LogP contribution >= 0.6 is 0 Å². The summed E-state index contributed by atoms with van der Waals surface area (Å²) < 4.78 is 24.3. The number of nitrogens with zero attached hydrogens (tertiary/aromatic N) is 3. The predicted octanol–water partition coefficient (Wildman–Crippen LogP) is 2.17. The predicted molar refractivity (Wildman–Crippen MR) is 86.7 cm³/mol. The largest absolute Gasteiger partial charge is 0.239 e. The highest BCUT2D eigenvalue weighted by Gasteiger charge is 2.20. The molecule has 1 aromatic heterocycles. The van der Waals surface area contributed by atoms with Gasteiger partial charge in [-0.25, -0.2) is 13.5 Å². The number of nitrogens with one attached hydrogen (secondary N) is 1. The van der Waals surface area contributed by atoms with Crippen molar-refractivity contribution in [1.29, 1.82) is 0 Å². The van der Waals surface area contributed by atoms with Gasteiger partial charge in [-0.15, -0.1) is 5.10 Å². The van der Waals surface area contributed by atoms with Crippen LogP contribution in [0.5, 0.6) is 0 Å². The molecule has 23 heavy (non-hydrogen) atoms. The molecule has 0 aliphatic carbocycles. The molecule has 0 bridgehead atoms. The molecular formula is C16H16N4O2S. The Labute approximate surface area is 134 Å². The Kier molecular flexibility index (Phi) is 3.96. The zero-order valence-corrected chi connectivity index (χ0v) is 13.6. The molecule has 7 heteroatoms. The van der Waals surface area contributed by atoms with Crippen molar-refractivity contribution in [3.8, 4) is 11.4 Å². The van der Waals surface area contributed by atoms with Gasteiger partial charge in [-0.2, -0.15) is 0 Å². The molecule has 118 valence electrons. The third kappa shape index (κ3) is 3.14. The lowest BCUT2D eigenvalue weighted by atomic mass is 9.96. The van der Waals surface area contributed by atoms with Crippen LogP contribution in [0.1, 0.15) is 16.7 Å². The zero-order chi connectivity index (χ0) is 16.4. The van der Waals surface area contributed by atoms with E-state index in [-0.39, 0.29) is 4.90 Å². The van der Waals surface area contributed by atoms with Crippen molar-refractivity contribution in [2.75, 3.05) is 6.26 Å². The van der Waals surface area contributed by atoms with E-state index in [1.807, 2.05) is 37.3 Å². The topological polar surface area (TPSA) is 88.6 Å². The maximum absolute atomic E-state index is 12.1. The Bertz CT molecular complexity index is 934. The van der Waals surface area contributed by atoms with Gasteiger partial charge in [-0.3, -0.25) is 0 Å². The highest BCUT2D eigenvalue weighted by atomic mass is 32.2. The highest BCUT2D eigenvalue weighted by molar-refractivity contribution is 7.90. The molecule has 2 aromatic carbocycles.